The number of fused-ring (bicyclic) bond motifs is 4. The van der Waals surface area contributed by atoms with Crippen LogP contribution in [0.1, 0.15) is 28.4 Å². The molecule has 340 valence electrons. The molecule has 21 nitrogen and oxygen atoms in total. The predicted molar refractivity (Wildman–Crippen MR) is 224 cm³/mol. The minimum Gasteiger partial charge on any atom is -0.508 e. The number of benzene rings is 3. The second kappa shape index (κ2) is 18.0. The minimum atomic E-state index is -5.34. The van der Waals surface area contributed by atoms with Crippen molar-refractivity contribution in [2.75, 3.05) is 18.9 Å². The molecule has 0 saturated carbocycles. The number of alkyl halides is 2. The number of imidazole rings is 1. The van der Waals surface area contributed by atoms with Crippen LogP contribution in [0.2, 0.25) is 0 Å². The van der Waals surface area contributed by atoms with Gasteiger partial charge in [-0.2, -0.15) is 0 Å². The van der Waals surface area contributed by atoms with Crippen LogP contribution in [0.3, 0.4) is 0 Å². The Hall–Kier alpha value is -5.65. The summed E-state index contributed by atoms with van der Waals surface area (Å²) in [6.45, 7) is -6.60. The largest absolute Gasteiger partial charge is 0.508 e. The Labute approximate surface area is 368 Å². The van der Waals surface area contributed by atoms with Gasteiger partial charge in [0.25, 0.3) is 5.56 Å². The van der Waals surface area contributed by atoms with Crippen LogP contribution >= 0.6 is 26.0 Å². The number of nitrogens with zero attached hydrogens (tertiary/aromatic N) is 5. The second-order valence-electron chi connectivity index (χ2n) is 14.7. The zero-order valence-electron chi connectivity index (χ0n) is 33.1. The van der Waals surface area contributed by atoms with Gasteiger partial charge in [0.05, 0.1) is 30.7 Å². The number of phosphoric ester groups is 1. The summed E-state index contributed by atoms with van der Waals surface area (Å²) in [5.74, 6) is -0.765. The fourth-order valence-electron chi connectivity index (χ4n) is 7.23. The second-order valence-corrected chi connectivity index (χ2v) is 20.1. The van der Waals surface area contributed by atoms with Crippen LogP contribution < -0.4 is 21.7 Å². The fourth-order valence-corrected chi connectivity index (χ4v) is 11.5. The highest BCUT2D eigenvalue weighted by Gasteiger charge is 2.55. The molecule has 3 fully saturated rings. The first kappa shape index (κ1) is 44.5. The van der Waals surface area contributed by atoms with Crippen LogP contribution in [0.4, 0.5) is 14.6 Å². The SMILES string of the molecule is Nc1ncnc2c1ncn2[C@@H]1O[C@@H]2COP(=O)(O)O[C@H]3[C@@H](F)[C@H](n4cc(-c5ccccc5)c(=O)[nH]c4=O)O[C@@H]3CO[P@](=O)(SCc3ccc(OC(=O)c4ccc(O)cc4)cc3)O[C@@H]1[C@@H]2F. The highest BCUT2D eigenvalue weighted by molar-refractivity contribution is 8.54. The number of hydrogen-bond acceptors (Lipinski definition) is 18. The number of anilines is 1. The van der Waals surface area contributed by atoms with Crippen LogP contribution in [0, 0.1) is 0 Å². The van der Waals surface area contributed by atoms with E-state index in [0.29, 0.717) is 22.5 Å². The standard InChI is InChI=1S/C39H35F2N7O14P2S/c40-28-26-15-56-63(53,54)61-31-27(60-36(29(31)41)47-14-25(35(50)46-39(47)52)21-4-2-1-3-5-21)16-57-64(55,62-32(28)37(59-26)48-19-45-30-33(42)43-18-44-34(30)48)65-17-20-6-12-24(13-7-20)58-38(51)22-8-10-23(49)11-9-22/h1-14,18-19,26-29,31-32,36-37,49H,15-17H2,(H,53,54)(H2,42,43,44)(H,46,50,52)/t26-,27-,28-,29-,31-,32-,36-,37-,64+/m1/s1. The smallest absolute Gasteiger partial charge is 0.472 e. The lowest BCUT2D eigenvalue weighted by atomic mass is 10.1. The summed E-state index contributed by atoms with van der Waals surface area (Å²) in [5.41, 5.74) is 5.25. The fraction of sp³-hybridized carbons (Fsp3) is 0.282. The first-order valence-electron chi connectivity index (χ1n) is 19.4. The summed E-state index contributed by atoms with van der Waals surface area (Å²) in [7, 11) is -5.34. The molecule has 3 saturated heterocycles. The lowest BCUT2D eigenvalue weighted by Gasteiger charge is -2.27. The van der Waals surface area contributed by atoms with E-state index in [2.05, 4.69) is 19.9 Å². The van der Waals surface area contributed by atoms with Gasteiger partial charge in [0.2, 0.25) is 0 Å². The first-order chi connectivity index (χ1) is 31.1. The number of aromatic hydroxyl groups is 1. The molecule has 10 atom stereocenters. The van der Waals surface area contributed by atoms with Crippen LogP contribution in [0.25, 0.3) is 22.3 Å². The average molecular weight is 958 g/mol. The van der Waals surface area contributed by atoms with E-state index in [0.717, 1.165) is 17.1 Å². The summed E-state index contributed by atoms with van der Waals surface area (Å²) < 4.78 is 104. The van der Waals surface area contributed by atoms with Crippen molar-refractivity contribution in [3.63, 3.8) is 0 Å². The topological polar surface area (TPSA) is 281 Å². The molecule has 3 aromatic carbocycles. The number of hydrogen-bond donors (Lipinski definition) is 4. The lowest BCUT2D eigenvalue weighted by Crippen LogP contribution is -2.37. The van der Waals surface area contributed by atoms with Crippen molar-refractivity contribution in [1.82, 2.24) is 29.1 Å². The third-order valence-corrected chi connectivity index (χ3v) is 15.1. The summed E-state index contributed by atoms with van der Waals surface area (Å²) in [5, 5.41) is 9.54. The van der Waals surface area contributed by atoms with Crippen molar-refractivity contribution >= 4 is 49.0 Å². The lowest BCUT2D eigenvalue weighted by molar-refractivity contribution is -0.0620. The number of esters is 1. The molecule has 1 unspecified atom stereocenters. The molecule has 9 rings (SSSR count). The molecule has 0 radical (unpaired) electrons. The van der Waals surface area contributed by atoms with Crippen molar-refractivity contribution < 1.29 is 65.0 Å². The molecule has 3 aromatic heterocycles. The van der Waals surface area contributed by atoms with E-state index in [4.69, 9.17) is 38.0 Å². The molecular weight excluding hydrogens is 922 g/mol. The van der Waals surface area contributed by atoms with Gasteiger partial charge >= 0.3 is 26.3 Å². The summed E-state index contributed by atoms with van der Waals surface area (Å²) >= 11 is 0.574. The quantitative estimate of drug-likeness (QED) is 0.0889. The van der Waals surface area contributed by atoms with Crippen molar-refractivity contribution in [2.24, 2.45) is 0 Å². The third-order valence-electron chi connectivity index (χ3n) is 10.5. The van der Waals surface area contributed by atoms with Gasteiger partial charge in [-0.05, 0) is 58.9 Å². The molecule has 3 aliphatic rings. The number of carbonyl (C=O) groups excluding carboxylic acids is 1. The Morgan fingerprint density at radius 3 is 2.35 bits per heavy atom. The first-order valence-corrected chi connectivity index (χ1v) is 24.0. The molecule has 5 N–H and O–H groups in total. The van der Waals surface area contributed by atoms with Gasteiger partial charge in [0, 0.05) is 11.9 Å². The van der Waals surface area contributed by atoms with E-state index in [1.165, 1.54) is 47.3 Å². The van der Waals surface area contributed by atoms with Gasteiger partial charge in [-0.1, -0.05) is 42.5 Å². The number of aromatic nitrogens is 6. The molecule has 0 amide bonds. The molecular formula is C39H35F2N7O14P2S. The number of ether oxygens (including phenoxy) is 3. The zero-order chi connectivity index (χ0) is 45.6. The van der Waals surface area contributed by atoms with E-state index in [-0.39, 0.29) is 45.4 Å². The third kappa shape index (κ3) is 9.27. The highest BCUT2D eigenvalue weighted by Crippen LogP contribution is 2.65. The van der Waals surface area contributed by atoms with Gasteiger partial charge < -0.3 is 29.9 Å². The Morgan fingerprint density at radius 2 is 1.60 bits per heavy atom. The van der Waals surface area contributed by atoms with Crippen LogP contribution in [0.15, 0.2) is 107 Å². The number of H-pyrrole nitrogens is 1. The maximum absolute atomic E-state index is 16.6. The number of phosphoric acid groups is 1. The predicted octanol–water partition coefficient (Wildman–Crippen LogP) is 4.98. The monoisotopic (exact) mass is 957 g/mol. The number of phenolic OH excluding ortho intramolecular Hbond substituents is 1. The van der Waals surface area contributed by atoms with Crippen molar-refractivity contribution in [1.29, 1.82) is 0 Å². The van der Waals surface area contributed by atoms with Crippen molar-refractivity contribution in [3.8, 4) is 22.6 Å². The number of halogens is 2. The summed E-state index contributed by atoms with van der Waals surface area (Å²) in [4.78, 5) is 63.9. The Balaban J connectivity index is 1.03. The Kier molecular flexibility index (Phi) is 12.3. The van der Waals surface area contributed by atoms with Gasteiger partial charge in [-0.3, -0.25) is 37.0 Å². The number of nitrogens with one attached hydrogen (secondary N) is 1. The molecule has 2 bridgehead atoms. The number of carbonyl (C=O) groups is 1. The maximum Gasteiger partial charge on any atom is 0.472 e. The number of rotatable bonds is 8. The molecule has 6 heterocycles. The van der Waals surface area contributed by atoms with Crippen LogP contribution in [-0.2, 0) is 42.5 Å². The number of aromatic amines is 1. The molecule has 0 aliphatic carbocycles. The Bertz CT molecular complexity index is 2950. The molecule has 6 aromatic rings. The zero-order valence-corrected chi connectivity index (χ0v) is 35.7. The maximum atomic E-state index is 16.6. The van der Waals surface area contributed by atoms with Crippen LogP contribution in [-0.4, -0.2) is 95.0 Å². The van der Waals surface area contributed by atoms with E-state index in [1.54, 1.807) is 42.5 Å². The Morgan fingerprint density at radius 1 is 0.877 bits per heavy atom. The highest BCUT2D eigenvalue weighted by atomic mass is 32.7. The van der Waals surface area contributed by atoms with Gasteiger partial charge in [-0.25, -0.2) is 42.5 Å². The normalized spacial score (nSPS) is 29.3. The van der Waals surface area contributed by atoms with E-state index < -0.39 is 94.3 Å². The average Bonchev–Trinajstić information content (AvgIpc) is 3.95. The molecule has 26 heteroatoms. The van der Waals surface area contributed by atoms with E-state index in [1.807, 2.05) is 0 Å². The van der Waals surface area contributed by atoms with Gasteiger partial charge in [-0.15, -0.1) is 0 Å². The van der Waals surface area contributed by atoms with Gasteiger partial charge in [0.1, 0.15) is 47.8 Å². The molecule has 3 aliphatic heterocycles. The van der Waals surface area contributed by atoms with Crippen LogP contribution in [0.5, 0.6) is 11.5 Å². The van der Waals surface area contributed by atoms with E-state index in [9.17, 15) is 28.9 Å². The molecule has 65 heavy (non-hydrogen) atoms. The molecule has 0 spiro atoms. The van der Waals surface area contributed by atoms with Crippen molar-refractivity contribution in [3.05, 3.63) is 130 Å². The number of nitrogen functional groups attached to an aromatic ring is 1. The number of phenols is 1. The number of nitrogens with two attached hydrogens (primary N) is 1. The van der Waals surface area contributed by atoms with E-state index >= 15 is 13.3 Å². The summed E-state index contributed by atoms with van der Waals surface area (Å²) in [6.07, 6.45) is -12.0. The summed E-state index contributed by atoms with van der Waals surface area (Å²) in [6, 6.07) is 19.5. The van der Waals surface area contributed by atoms with Crippen molar-refractivity contribution in [2.45, 2.75) is 55.0 Å². The minimum absolute atomic E-state index is 0.0249. The van der Waals surface area contributed by atoms with Gasteiger partial charge in [0.15, 0.2) is 36.3 Å².